The second-order valence-corrected chi connectivity index (χ2v) is 2.79. The predicted molar refractivity (Wildman–Crippen MR) is 46.3 cm³/mol. The van der Waals surface area contributed by atoms with Crippen molar-refractivity contribution in [1.29, 1.82) is 0 Å². The summed E-state index contributed by atoms with van der Waals surface area (Å²) in [6, 6.07) is 0. The molecule has 0 rings (SSSR count). The zero-order valence-electron chi connectivity index (χ0n) is 8.28. The number of hydrogen-bond donors (Lipinski definition) is 0. The molecule has 0 aliphatic heterocycles. The van der Waals surface area contributed by atoms with Gasteiger partial charge in [-0.05, 0) is 19.3 Å². The molecule has 14 heavy (non-hydrogen) atoms. The second kappa shape index (κ2) is 8.50. The van der Waals surface area contributed by atoms with E-state index in [1.165, 1.54) is 7.11 Å². The summed E-state index contributed by atoms with van der Waals surface area (Å²) in [5, 5.41) is 10.0. The van der Waals surface area contributed by atoms with Crippen molar-refractivity contribution in [3.05, 3.63) is 0 Å². The number of carbonyl (C=O) groups is 2. The summed E-state index contributed by atoms with van der Waals surface area (Å²) in [6.07, 6.45) is 1.20. The summed E-state index contributed by atoms with van der Waals surface area (Å²) in [5.74, 6) is -1.40. The van der Waals surface area contributed by atoms with Gasteiger partial charge >= 0.3 is 5.97 Å². The lowest BCUT2D eigenvalue weighted by Gasteiger charge is -2.04. The van der Waals surface area contributed by atoms with Gasteiger partial charge in [0.15, 0.2) is 0 Å². The Morgan fingerprint density at radius 3 is 2.36 bits per heavy atom. The van der Waals surface area contributed by atoms with Crippen LogP contribution in [0.3, 0.4) is 0 Å². The fraction of sp³-hybridized carbons (Fsp3) is 0.778. The fourth-order valence-electron chi connectivity index (χ4n) is 0.850. The summed E-state index contributed by atoms with van der Waals surface area (Å²) in [7, 11) is 1.52. The minimum absolute atomic E-state index is 0.00858. The molecule has 0 aromatic rings. The van der Waals surface area contributed by atoms with Crippen LogP contribution in [0.25, 0.3) is 0 Å². The van der Waals surface area contributed by atoms with Gasteiger partial charge in [0.1, 0.15) is 6.61 Å². The van der Waals surface area contributed by atoms with Crippen LogP contribution < -0.4 is 5.11 Å². The Morgan fingerprint density at radius 1 is 1.14 bits per heavy atom. The highest BCUT2D eigenvalue weighted by atomic mass is 16.6. The minimum atomic E-state index is -1.09. The Labute approximate surface area is 83.0 Å². The predicted octanol–water partition coefficient (Wildman–Crippen LogP) is -0.514. The Bertz CT molecular complexity index is 178. The first-order chi connectivity index (χ1) is 6.66. The molecule has 0 spiro atoms. The van der Waals surface area contributed by atoms with Crippen LogP contribution in [-0.2, 0) is 19.1 Å². The molecule has 0 aromatic carbocycles. The van der Waals surface area contributed by atoms with Crippen molar-refractivity contribution in [2.24, 2.45) is 0 Å². The number of carbonyl (C=O) groups excluding carboxylic acids is 2. The van der Waals surface area contributed by atoms with E-state index in [1.807, 2.05) is 0 Å². The highest BCUT2D eigenvalue weighted by molar-refractivity contribution is 5.69. The molecular weight excluding hydrogens is 188 g/mol. The number of ether oxygens (including phenoxy) is 2. The third kappa shape index (κ3) is 8.99. The van der Waals surface area contributed by atoms with Crippen molar-refractivity contribution in [2.75, 3.05) is 20.3 Å². The zero-order chi connectivity index (χ0) is 10.8. The van der Waals surface area contributed by atoms with Crippen molar-refractivity contribution in [3.63, 3.8) is 0 Å². The molecule has 0 aliphatic rings. The van der Waals surface area contributed by atoms with E-state index in [4.69, 9.17) is 4.74 Å². The largest absolute Gasteiger partial charge is 0.550 e. The average molecular weight is 203 g/mol. The first-order valence-electron chi connectivity index (χ1n) is 4.51. The highest BCUT2D eigenvalue weighted by Gasteiger charge is 2.01. The van der Waals surface area contributed by atoms with Crippen molar-refractivity contribution in [2.45, 2.75) is 25.7 Å². The lowest BCUT2D eigenvalue weighted by atomic mass is 10.2. The molecule has 0 saturated carbocycles. The molecule has 0 aromatic heterocycles. The molecule has 82 valence electrons. The molecule has 0 heterocycles. The normalized spacial score (nSPS) is 9.79. The van der Waals surface area contributed by atoms with Gasteiger partial charge in [0.2, 0.25) is 0 Å². The molecule has 5 nitrogen and oxygen atoms in total. The van der Waals surface area contributed by atoms with Crippen molar-refractivity contribution < 1.29 is 24.2 Å². The molecule has 0 bridgehead atoms. The van der Waals surface area contributed by atoms with Crippen LogP contribution in [-0.4, -0.2) is 32.3 Å². The Hall–Kier alpha value is -1.10. The van der Waals surface area contributed by atoms with Crippen molar-refractivity contribution in [1.82, 2.24) is 0 Å². The van der Waals surface area contributed by atoms with Crippen LogP contribution in [0.1, 0.15) is 25.7 Å². The summed E-state index contributed by atoms with van der Waals surface area (Å²) in [5.41, 5.74) is 0. The molecule has 0 N–H and O–H groups in total. The Kier molecular flexibility index (Phi) is 7.83. The van der Waals surface area contributed by atoms with Gasteiger partial charge < -0.3 is 19.4 Å². The number of esters is 1. The summed E-state index contributed by atoms with van der Waals surface area (Å²) < 4.78 is 9.45. The Balaban J connectivity index is 3.22. The molecule has 0 aliphatic carbocycles. The lowest BCUT2D eigenvalue weighted by Crippen LogP contribution is -2.21. The van der Waals surface area contributed by atoms with Gasteiger partial charge in [0, 0.05) is 19.5 Å². The minimum Gasteiger partial charge on any atom is -0.550 e. The van der Waals surface area contributed by atoms with E-state index in [0.717, 1.165) is 0 Å². The molecule has 0 unspecified atom stereocenters. The van der Waals surface area contributed by atoms with E-state index in [-0.39, 0.29) is 25.4 Å². The monoisotopic (exact) mass is 203 g/mol. The Morgan fingerprint density at radius 2 is 1.79 bits per heavy atom. The zero-order valence-corrected chi connectivity index (χ0v) is 8.28. The highest BCUT2D eigenvalue weighted by Crippen LogP contribution is 2.00. The fourth-order valence-corrected chi connectivity index (χ4v) is 0.850. The van der Waals surface area contributed by atoms with E-state index in [0.29, 0.717) is 19.4 Å². The molecule has 0 atom stereocenters. The third-order valence-electron chi connectivity index (χ3n) is 1.56. The maximum absolute atomic E-state index is 10.9. The second-order valence-electron chi connectivity index (χ2n) is 2.79. The van der Waals surface area contributed by atoms with Gasteiger partial charge in [0.05, 0.1) is 6.61 Å². The van der Waals surface area contributed by atoms with Crippen molar-refractivity contribution in [3.8, 4) is 0 Å². The smallest absolute Gasteiger partial charge is 0.305 e. The van der Waals surface area contributed by atoms with Gasteiger partial charge in [-0.2, -0.15) is 0 Å². The molecule has 0 amide bonds. The number of carboxylic acid groups (broad SMARTS) is 1. The molecule has 0 radical (unpaired) electrons. The number of aliphatic carboxylic acids is 1. The van der Waals surface area contributed by atoms with Crippen LogP contribution in [0.4, 0.5) is 0 Å². The number of methoxy groups -OCH3 is 1. The first kappa shape index (κ1) is 12.9. The summed E-state index contributed by atoms with van der Waals surface area (Å²) in [6.45, 7) is 0.626. The van der Waals surface area contributed by atoms with Crippen LogP contribution in [0, 0.1) is 0 Å². The first-order valence-corrected chi connectivity index (χ1v) is 4.51. The molecule has 5 heteroatoms. The third-order valence-corrected chi connectivity index (χ3v) is 1.56. The van der Waals surface area contributed by atoms with Gasteiger partial charge in [-0.25, -0.2) is 0 Å². The van der Waals surface area contributed by atoms with Gasteiger partial charge in [-0.1, -0.05) is 0 Å². The topological polar surface area (TPSA) is 75.7 Å². The van der Waals surface area contributed by atoms with Gasteiger partial charge in [-0.3, -0.25) is 4.79 Å². The molecule has 0 saturated heterocycles. The molecule has 0 fully saturated rings. The number of rotatable bonds is 8. The van der Waals surface area contributed by atoms with E-state index in [1.54, 1.807) is 0 Å². The summed E-state index contributed by atoms with van der Waals surface area (Å²) >= 11 is 0. The van der Waals surface area contributed by atoms with Crippen LogP contribution in [0.5, 0.6) is 0 Å². The SMILES string of the molecule is COCCOC(=O)CCCCC(=O)[O-]. The lowest BCUT2D eigenvalue weighted by molar-refractivity contribution is -0.305. The van der Waals surface area contributed by atoms with Gasteiger partial charge in [0.25, 0.3) is 0 Å². The molecular formula is C9H15O5-. The van der Waals surface area contributed by atoms with E-state index in [9.17, 15) is 14.7 Å². The number of unbranched alkanes of at least 4 members (excludes halogenated alkanes) is 1. The van der Waals surface area contributed by atoms with Gasteiger partial charge in [-0.15, -0.1) is 0 Å². The van der Waals surface area contributed by atoms with Crippen LogP contribution in [0.15, 0.2) is 0 Å². The van der Waals surface area contributed by atoms with Crippen molar-refractivity contribution >= 4 is 11.9 Å². The van der Waals surface area contributed by atoms with Crippen LogP contribution >= 0.6 is 0 Å². The standard InChI is InChI=1S/C9H16O5/c1-13-6-7-14-9(12)5-3-2-4-8(10)11/h2-7H2,1H3,(H,10,11)/p-1. The van der Waals surface area contributed by atoms with E-state index < -0.39 is 5.97 Å². The maximum Gasteiger partial charge on any atom is 0.305 e. The van der Waals surface area contributed by atoms with Crippen LogP contribution in [0.2, 0.25) is 0 Å². The number of hydrogen-bond acceptors (Lipinski definition) is 5. The van der Waals surface area contributed by atoms with E-state index >= 15 is 0 Å². The maximum atomic E-state index is 10.9. The van der Waals surface area contributed by atoms with E-state index in [2.05, 4.69) is 4.74 Å². The number of carboxylic acids is 1. The average Bonchev–Trinajstić information content (AvgIpc) is 2.13. The quantitative estimate of drug-likeness (QED) is 0.392. The summed E-state index contributed by atoms with van der Waals surface area (Å²) in [4.78, 5) is 20.9.